The fraction of sp³-hybridized carbons (Fsp3) is 0.316. The van der Waals surface area contributed by atoms with Crippen LogP contribution in [0.4, 0.5) is 0 Å². The standard InChI is InChI=1S/C19H22N2O2/c1-2-23-16-9-7-15(8-10-16)19(22)21-13-18-17-6-4-3-5-14(17)11-12-20-18/h3-10,18,20H,2,11-13H2,1H3,(H,21,22). The fourth-order valence-corrected chi connectivity index (χ4v) is 2.94. The lowest BCUT2D eigenvalue weighted by Crippen LogP contribution is -2.38. The average Bonchev–Trinajstić information content (AvgIpc) is 2.60. The van der Waals surface area contributed by atoms with Crippen molar-refractivity contribution in [3.05, 3.63) is 65.2 Å². The van der Waals surface area contributed by atoms with Gasteiger partial charge in [-0.25, -0.2) is 0 Å². The molecule has 2 aromatic carbocycles. The molecule has 4 nitrogen and oxygen atoms in total. The van der Waals surface area contributed by atoms with Crippen molar-refractivity contribution in [3.63, 3.8) is 0 Å². The van der Waals surface area contributed by atoms with Gasteiger partial charge in [0.1, 0.15) is 5.75 Å². The first-order chi connectivity index (χ1) is 11.3. The molecule has 1 aliphatic heterocycles. The van der Waals surface area contributed by atoms with Gasteiger partial charge in [-0.1, -0.05) is 24.3 Å². The molecule has 3 rings (SSSR count). The van der Waals surface area contributed by atoms with E-state index < -0.39 is 0 Å². The lowest BCUT2D eigenvalue weighted by Gasteiger charge is -2.27. The summed E-state index contributed by atoms with van der Waals surface area (Å²) in [6, 6.07) is 15.8. The predicted octanol–water partition coefficient (Wildman–Crippen LogP) is 2.70. The summed E-state index contributed by atoms with van der Waals surface area (Å²) in [5, 5.41) is 6.49. The molecular formula is C19H22N2O2. The SMILES string of the molecule is CCOc1ccc(C(=O)NCC2NCCc3ccccc32)cc1. The smallest absolute Gasteiger partial charge is 0.251 e. The number of benzene rings is 2. The Labute approximate surface area is 136 Å². The van der Waals surface area contributed by atoms with Crippen molar-refractivity contribution >= 4 is 5.91 Å². The second-order valence-corrected chi connectivity index (χ2v) is 5.62. The Hall–Kier alpha value is -2.33. The van der Waals surface area contributed by atoms with E-state index in [2.05, 4.69) is 28.8 Å². The van der Waals surface area contributed by atoms with Gasteiger partial charge in [-0.2, -0.15) is 0 Å². The summed E-state index contributed by atoms with van der Waals surface area (Å²) in [4.78, 5) is 12.3. The highest BCUT2D eigenvalue weighted by molar-refractivity contribution is 5.94. The second kappa shape index (κ2) is 7.29. The van der Waals surface area contributed by atoms with Crippen molar-refractivity contribution in [2.45, 2.75) is 19.4 Å². The molecule has 0 spiro atoms. The van der Waals surface area contributed by atoms with Gasteiger partial charge in [0.25, 0.3) is 5.91 Å². The van der Waals surface area contributed by atoms with Crippen LogP contribution in [-0.4, -0.2) is 25.6 Å². The zero-order valence-corrected chi connectivity index (χ0v) is 13.3. The third kappa shape index (κ3) is 3.71. The Bertz CT molecular complexity index is 667. The molecule has 1 aliphatic rings. The van der Waals surface area contributed by atoms with E-state index >= 15 is 0 Å². The second-order valence-electron chi connectivity index (χ2n) is 5.62. The van der Waals surface area contributed by atoms with Gasteiger partial charge in [0.15, 0.2) is 0 Å². The van der Waals surface area contributed by atoms with Crippen LogP contribution >= 0.6 is 0 Å². The minimum Gasteiger partial charge on any atom is -0.494 e. The maximum Gasteiger partial charge on any atom is 0.251 e. The van der Waals surface area contributed by atoms with E-state index in [0.29, 0.717) is 18.7 Å². The number of hydrogen-bond donors (Lipinski definition) is 2. The van der Waals surface area contributed by atoms with Crippen LogP contribution in [0.2, 0.25) is 0 Å². The Balaban J connectivity index is 1.61. The van der Waals surface area contributed by atoms with E-state index in [-0.39, 0.29) is 11.9 Å². The third-order valence-electron chi connectivity index (χ3n) is 4.11. The molecule has 0 bridgehead atoms. The number of fused-ring (bicyclic) bond motifs is 1. The maximum atomic E-state index is 12.3. The average molecular weight is 310 g/mol. The van der Waals surface area contributed by atoms with Crippen molar-refractivity contribution in [2.75, 3.05) is 19.7 Å². The van der Waals surface area contributed by atoms with Crippen molar-refractivity contribution in [2.24, 2.45) is 0 Å². The largest absolute Gasteiger partial charge is 0.494 e. The summed E-state index contributed by atoms with van der Waals surface area (Å²) in [6.45, 7) is 4.09. The van der Waals surface area contributed by atoms with E-state index in [4.69, 9.17) is 4.74 Å². The topological polar surface area (TPSA) is 50.4 Å². The fourth-order valence-electron chi connectivity index (χ4n) is 2.94. The summed E-state index contributed by atoms with van der Waals surface area (Å²) >= 11 is 0. The normalized spacial score (nSPS) is 16.5. The van der Waals surface area contributed by atoms with Crippen LogP contribution in [0.1, 0.15) is 34.5 Å². The Morgan fingerprint density at radius 1 is 1.22 bits per heavy atom. The number of nitrogens with one attached hydrogen (secondary N) is 2. The summed E-state index contributed by atoms with van der Waals surface area (Å²) in [5.41, 5.74) is 3.30. The van der Waals surface area contributed by atoms with Gasteiger partial charge in [-0.05, 0) is 55.3 Å². The zero-order chi connectivity index (χ0) is 16.1. The number of ether oxygens (including phenoxy) is 1. The molecule has 2 N–H and O–H groups in total. The molecule has 0 saturated heterocycles. The first kappa shape index (κ1) is 15.6. The number of carbonyl (C=O) groups is 1. The number of carbonyl (C=O) groups excluding carboxylic acids is 1. The first-order valence-electron chi connectivity index (χ1n) is 8.10. The van der Waals surface area contributed by atoms with Crippen LogP contribution in [0, 0.1) is 0 Å². The Kier molecular flexibility index (Phi) is 4.93. The number of rotatable bonds is 5. The summed E-state index contributed by atoms with van der Waals surface area (Å²) < 4.78 is 5.39. The Morgan fingerprint density at radius 3 is 2.78 bits per heavy atom. The number of hydrogen-bond acceptors (Lipinski definition) is 3. The van der Waals surface area contributed by atoms with E-state index in [1.807, 2.05) is 25.1 Å². The molecule has 0 radical (unpaired) electrons. The van der Waals surface area contributed by atoms with E-state index in [0.717, 1.165) is 18.7 Å². The van der Waals surface area contributed by atoms with Gasteiger partial charge < -0.3 is 15.4 Å². The molecular weight excluding hydrogens is 288 g/mol. The highest BCUT2D eigenvalue weighted by Crippen LogP contribution is 2.22. The minimum absolute atomic E-state index is 0.0575. The molecule has 23 heavy (non-hydrogen) atoms. The highest BCUT2D eigenvalue weighted by atomic mass is 16.5. The van der Waals surface area contributed by atoms with Crippen molar-refractivity contribution in [1.29, 1.82) is 0 Å². The molecule has 4 heteroatoms. The number of amides is 1. The Morgan fingerprint density at radius 2 is 2.00 bits per heavy atom. The van der Waals surface area contributed by atoms with Crippen molar-refractivity contribution in [3.8, 4) is 5.75 Å². The zero-order valence-electron chi connectivity index (χ0n) is 13.3. The third-order valence-corrected chi connectivity index (χ3v) is 4.11. The highest BCUT2D eigenvalue weighted by Gasteiger charge is 2.19. The van der Waals surface area contributed by atoms with E-state index in [1.54, 1.807) is 12.1 Å². The summed E-state index contributed by atoms with van der Waals surface area (Å²) in [6.07, 6.45) is 1.04. The van der Waals surface area contributed by atoms with Crippen LogP contribution in [0.3, 0.4) is 0 Å². The van der Waals surface area contributed by atoms with Crippen LogP contribution in [0.5, 0.6) is 5.75 Å². The quantitative estimate of drug-likeness (QED) is 0.893. The summed E-state index contributed by atoms with van der Waals surface area (Å²) in [7, 11) is 0. The van der Waals surface area contributed by atoms with Crippen LogP contribution in [0.25, 0.3) is 0 Å². The molecule has 120 valence electrons. The molecule has 1 atom stereocenters. The first-order valence-corrected chi connectivity index (χ1v) is 8.10. The maximum absolute atomic E-state index is 12.3. The lowest BCUT2D eigenvalue weighted by molar-refractivity contribution is 0.0949. The van der Waals surface area contributed by atoms with Gasteiger partial charge in [0.2, 0.25) is 0 Å². The molecule has 0 aliphatic carbocycles. The van der Waals surface area contributed by atoms with Gasteiger partial charge in [0, 0.05) is 18.2 Å². The molecule has 2 aromatic rings. The van der Waals surface area contributed by atoms with Crippen molar-refractivity contribution < 1.29 is 9.53 Å². The van der Waals surface area contributed by atoms with Crippen LogP contribution in [-0.2, 0) is 6.42 Å². The monoisotopic (exact) mass is 310 g/mol. The molecule has 1 heterocycles. The van der Waals surface area contributed by atoms with Gasteiger partial charge >= 0.3 is 0 Å². The van der Waals surface area contributed by atoms with E-state index in [9.17, 15) is 4.79 Å². The summed E-state index contributed by atoms with van der Waals surface area (Å²) in [5.74, 6) is 0.727. The predicted molar refractivity (Wildman–Crippen MR) is 90.8 cm³/mol. The lowest BCUT2D eigenvalue weighted by atomic mass is 9.94. The molecule has 0 aromatic heterocycles. The van der Waals surface area contributed by atoms with Crippen LogP contribution in [0.15, 0.2) is 48.5 Å². The van der Waals surface area contributed by atoms with Gasteiger partial charge in [-0.3, -0.25) is 4.79 Å². The van der Waals surface area contributed by atoms with Crippen molar-refractivity contribution in [1.82, 2.24) is 10.6 Å². The van der Waals surface area contributed by atoms with Gasteiger partial charge in [0.05, 0.1) is 6.61 Å². The molecule has 1 amide bonds. The molecule has 1 unspecified atom stereocenters. The minimum atomic E-state index is -0.0575. The van der Waals surface area contributed by atoms with Crippen LogP contribution < -0.4 is 15.4 Å². The van der Waals surface area contributed by atoms with Gasteiger partial charge in [-0.15, -0.1) is 0 Å². The molecule has 0 fully saturated rings. The molecule has 0 saturated carbocycles. The van der Waals surface area contributed by atoms with E-state index in [1.165, 1.54) is 11.1 Å².